The van der Waals surface area contributed by atoms with E-state index in [4.69, 9.17) is 0 Å². The summed E-state index contributed by atoms with van der Waals surface area (Å²) in [5, 5.41) is 3.86. The third-order valence-electron chi connectivity index (χ3n) is 7.00. The first-order valence-corrected chi connectivity index (χ1v) is 14.0. The molecule has 0 saturated carbocycles. The Hall–Kier alpha value is -3.84. The highest BCUT2D eigenvalue weighted by atomic mass is 35.5. The summed E-state index contributed by atoms with van der Waals surface area (Å²) < 4.78 is 0. The summed E-state index contributed by atoms with van der Waals surface area (Å²) in [5.74, 6) is -0.160. The number of carbonyl (C=O) groups excluding carboxylic acids is 2. The number of hydrogen-bond acceptors (Lipinski definition) is 2. The van der Waals surface area contributed by atoms with Crippen molar-refractivity contribution >= 4 is 34.7 Å². The van der Waals surface area contributed by atoms with Gasteiger partial charge in [0.15, 0.2) is 11.6 Å². The van der Waals surface area contributed by atoms with Crippen molar-refractivity contribution in [3.8, 4) is 0 Å². The van der Waals surface area contributed by atoms with Crippen molar-refractivity contribution in [2.24, 2.45) is 0 Å². The largest absolute Gasteiger partial charge is 1.00 e. The van der Waals surface area contributed by atoms with Crippen LogP contribution in [-0.4, -0.2) is 11.6 Å². The molecule has 0 fully saturated rings. The van der Waals surface area contributed by atoms with Crippen molar-refractivity contribution in [3.05, 3.63) is 161 Å². The Morgan fingerprint density at radius 3 is 1.27 bits per heavy atom. The zero-order valence-corrected chi connectivity index (χ0v) is 21.7. The minimum Gasteiger partial charge on any atom is -1.00 e. The number of halogens is 1. The summed E-state index contributed by atoms with van der Waals surface area (Å²) in [6.07, 6.45) is 0.751. The Bertz CT molecular complexity index is 1480. The maximum atomic E-state index is 13.4. The van der Waals surface area contributed by atoms with Gasteiger partial charge in [0.1, 0.15) is 23.2 Å². The molecule has 37 heavy (non-hydrogen) atoms. The summed E-state index contributed by atoms with van der Waals surface area (Å²) in [4.78, 5) is 26.6. The average molecular weight is 519 g/mol. The van der Waals surface area contributed by atoms with Crippen LogP contribution in [0.2, 0.25) is 0 Å². The van der Waals surface area contributed by atoms with Crippen molar-refractivity contribution in [2.75, 3.05) is 0 Å². The molecule has 0 saturated heterocycles. The Labute approximate surface area is 223 Å². The fourth-order valence-electron chi connectivity index (χ4n) is 5.29. The molecule has 0 unspecified atom stereocenters. The molecule has 0 aliphatic heterocycles. The lowest BCUT2D eigenvalue weighted by Gasteiger charge is -2.28. The lowest BCUT2D eigenvalue weighted by atomic mass is 9.83. The number of rotatable bonds is 5. The van der Waals surface area contributed by atoms with Crippen molar-refractivity contribution in [1.82, 2.24) is 0 Å². The van der Waals surface area contributed by atoms with E-state index in [1.807, 2.05) is 30.3 Å². The Morgan fingerprint density at radius 2 is 0.811 bits per heavy atom. The van der Waals surface area contributed by atoms with E-state index in [-0.39, 0.29) is 24.0 Å². The molecule has 0 bridgehead atoms. The second kappa shape index (κ2) is 10.3. The predicted octanol–water partition coefficient (Wildman–Crippen LogP) is 2.96. The third kappa shape index (κ3) is 4.23. The van der Waals surface area contributed by atoms with E-state index in [2.05, 4.69) is 91.0 Å². The molecule has 0 amide bonds. The molecule has 1 aliphatic rings. The summed E-state index contributed by atoms with van der Waals surface area (Å²) >= 11 is 0. The highest BCUT2D eigenvalue weighted by Gasteiger charge is 2.45. The zero-order chi connectivity index (χ0) is 24.5. The van der Waals surface area contributed by atoms with Gasteiger partial charge in [-0.1, -0.05) is 84.9 Å². The molecule has 0 atom stereocenters. The molecule has 1 aliphatic carbocycles. The van der Waals surface area contributed by atoms with E-state index in [9.17, 15) is 9.59 Å². The summed E-state index contributed by atoms with van der Waals surface area (Å²) in [6, 6.07) is 45.0. The van der Waals surface area contributed by atoms with Gasteiger partial charge in [0, 0.05) is 22.3 Å². The standard InChI is InChI=1S/C33H24O2P.ClH/c34-32-28-18-10-11-19-29(28)33(35)31-22-24(20-21-30(31)32)23-36(25-12-4-1-5-13-25,26-14-6-2-7-15-26)27-16-8-3-9-17-27;/h1-22H,23H2;1H/q+1;/p-1. The molecular weight excluding hydrogens is 495 g/mol. The number of fused-ring (bicyclic) bond motifs is 2. The molecule has 5 aromatic rings. The van der Waals surface area contributed by atoms with Crippen molar-refractivity contribution in [2.45, 2.75) is 6.16 Å². The van der Waals surface area contributed by atoms with Gasteiger partial charge in [0.2, 0.25) is 0 Å². The van der Waals surface area contributed by atoms with Gasteiger partial charge in [-0.25, -0.2) is 0 Å². The monoisotopic (exact) mass is 518 g/mol. The molecule has 6 rings (SSSR count). The SMILES string of the molecule is O=C1c2ccccc2C(=O)c2cc(C[P+](c3ccccc3)(c3ccccc3)c3ccccc3)ccc21.[Cl-]. The molecule has 0 heterocycles. The molecular formula is C33H24ClO2P. The van der Waals surface area contributed by atoms with Gasteiger partial charge >= 0.3 is 0 Å². The fourth-order valence-corrected chi connectivity index (χ4v) is 9.52. The van der Waals surface area contributed by atoms with Crippen LogP contribution in [0.25, 0.3) is 0 Å². The van der Waals surface area contributed by atoms with Gasteiger partial charge in [0.25, 0.3) is 0 Å². The van der Waals surface area contributed by atoms with Crippen LogP contribution in [0.4, 0.5) is 0 Å². The van der Waals surface area contributed by atoms with Crippen molar-refractivity contribution in [3.63, 3.8) is 0 Å². The molecule has 2 nitrogen and oxygen atoms in total. The van der Waals surface area contributed by atoms with Crippen LogP contribution in [0.1, 0.15) is 37.4 Å². The van der Waals surface area contributed by atoms with Crippen LogP contribution in [0.5, 0.6) is 0 Å². The van der Waals surface area contributed by atoms with Crippen LogP contribution in [-0.2, 0) is 6.16 Å². The Kier molecular flexibility index (Phi) is 6.89. The summed E-state index contributed by atoms with van der Waals surface area (Å²) in [5.41, 5.74) is 3.03. The van der Waals surface area contributed by atoms with Gasteiger partial charge in [0.05, 0.1) is 6.16 Å². The van der Waals surface area contributed by atoms with E-state index in [1.165, 1.54) is 15.9 Å². The number of ketones is 2. The highest BCUT2D eigenvalue weighted by molar-refractivity contribution is 7.95. The van der Waals surface area contributed by atoms with Crippen LogP contribution in [0.3, 0.4) is 0 Å². The molecule has 5 aromatic carbocycles. The van der Waals surface area contributed by atoms with Gasteiger partial charge in [-0.05, 0) is 54.1 Å². The number of benzene rings is 5. The quantitative estimate of drug-likeness (QED) is 0.329. The van der Waals surface area contributed by atoms with Crippen molar-refractivity contribution in [1.29, 1.82) is 0 Å². The lowest BCUT2D eigenvalue weighted by Crippen LogP contribution is -3.00. The maximum Gasteiger partial charge on any atom is 0.194 e. The van der Waals surface area contributed by atoms with Crippen molar-refractivity contribution < 1.29 is 22.0 Å². The number of hydrogen-bond donors (Lipinski definition) is 0. The predicted molar refractivity (Wildman–Crippen MR) is 149 cm³/mol. The zero-order valence-electron chi connectivity index (χ0n) is 20.1. The molecule has 0 radical (unpaired) electrons. The second-order valence-corrected chi connectivity index (χ2v) is 12.5. The second-order valence-electron chi connectivity index (χ2n) is 9.06. The van der Waals surface area contributed by atoms with Crippen LogP contribution >= 0.6 is 7.26 Å². The van der Waals surface area contributed by atoms with Gasteiger partial charge < -0.3 is 12.4 Å². The van der Waals surface area contributed by atoms with Gasteiger partial charge in [-0.3, -0.25) is 9.59 Å². The average Bonchev–Trinajstić information content (AvgIpc) is 2.96. The van der Waals surface area contributed by atoms with E-state index in [0.717, 1.165) is 11.7 Å². The topological polar surface area (TPSA) is 34.1 Å². The Balaban J connectivity index is 0.00000280. The van der Waals surface area contributed by atoms with Gasteiger partial charge in [-0.15, -0.1) is 0 Å². The van der Waals surface area contributed by atoms with Gasteiger partial charge in [-0.2, -0.15) is 0 Å². The molecule has 0 spiro atoms. The van der Waals surface area contributed by atoms with E-state index >= 15 is 0 Å². The fraction of sp³-hybridized carbons (Fsp3) is 0.0303. The number of carbonyl (C=O) groups is 2. The van der Waals surface area contributed by atoms with Crippen LogP contribution in [0.15, 0.2) is 133 Å². The van der Waals surface area contributed by atoms with Crippen LogP contribution in [0, 0.1) is 0 Å². The normalized spacial score (nSPS) is 12.3. The lowest BCUT2D eigenvalue weighted by molar-refractivity contribution is -0.0000208. The minimum absolute atomic E-state index is 0. The third-order valence-corrected chi connectivity index (χ3v) is 11.4. The Morgan fingerprint density at radius 1 is 0.432 bits per heavy atom. The summed E-state index contributed by atoms with van der Waals surface area (Å²) in [6.45, 7) is 0. The van der Waals surface area contributed by atoms with E-state index in [0.29, 0.717) is 22.3 Å². The first-order chi connectivity index (χ1) is 17.7. The smallest absolute Gasteiger partial charge is 0.194 e. The minimum atomic E-state index is -2.11. The summed E-state index contributed by atoms with van der Waals surface area (Å²) in [7, 11) is -2.11. The molecule has 0 N–H and O–H groups in total. The molecule has 180 valence electrons. The highest BCUT2D eigenvalue weighted by Crippen LogP contribution is 2.58. The molecule has 4 heteroatoms. The first-order valence-electron chi connectivity index (χ1n) is 12.0. The maximum absolute atomic E-state index is 13.4. The van der Waals surface area contributed by atoms with E-state index in [1.54, 1.807) is 12.1 Å². The first kappa shape index (κ1) is 24.8. The van der Waals surface area contributed by atoms with E-state index < -0.39 is 7.26 Å². The molecule has 0 aromatic heterocycles. The van der Waals surface area contributed by atoms with Crippen LogP contribution < -0.4 is 28.3 Å².